The van der Waals surface area contributed by atoms with Gasteiger partial charge in [-0.05, 0) is 6.92 Å². The van der Waals surface area contributed by atoms with Gasteiger partial charge in [0.1, 0.15) is 5.82 Å². The van der Waals surface area contributed by atoms with E-state index in [1.165, 1.54) is 11.0 Å². The van der Waals surface area contributed by atoms with Gasteiger partial charge in [-0.25, -0.2) is 0 Å². The van der Waals surface area contributed by atoms with Gasteiger partial charge in [0.05, 0.1) is 0 Å². The zero-order valence-electron chi connectivity index (χ0n) is 7.32. The first-order valence-electron chi connectivity index (χ1n) is 3.72. The van der Waals surface area contributed by atoms with Gasteiger partial charge in [-0.15, -0.1) is 0 Å². The summed E-state index contributed by atoms with van der Waals surface area (Å²) in [6.45, 7) is 5.63. The van der Waals surface area contributed by atoms with E-state index in [-0.39, 0.29) is 5.91 Å². The number of carbonyl (C=O) groups excluding carboxylic acids is 1. The Morgan fingerprint density at radius 3 is 2.83 bits per heavy atom. The standard InChI is InChI=1S/C9H12N2O/c1-4-6-11-8(2)10(3)7-5-9(11)12/h4-7H,2H2,1,3H3/b6-4-. The Hall–Kier alpha value is -1.51. The third-order valence-corrected chi connectivity index (χ3v) is 1.66. The molecular formula is C9H12N2O. The number of hydrogen-bond donors (Lipinski definition) is 0. The summed E-state index contributed by atoms with van der Waals surface area (Å²) in [6, 6.07) is 0. The topological polar surface area (TPSA) is 23.6 Å². The highest BCUT2D eigenvalue weighted by molar-refractivity contribution is 5.90. The molecule has 12 heavy (non-hydrogen) atoms. The van der Waals surface area contributed by atoms with Crippen molar-refractivity contribution in [2.45, 2.75) is 6.92 Å². The number of allylic oxidation sites excluding steroid dienone is 1. The van der Waals surface area contributed by atoms with Gasteiger partial charge in [-0.3, -0.25) is 9.69 Å². The van der Waals surface area contributed by atoms with Crippen LogP contribution in [-0.4, -0.2) is 22.8 Å². The highest BCUT2D eigenvalue weighted by atomic mass is 16.2. The fourth-order valence-electron chi connectivity index (χ4n) is 0.948. The van der Waals surface area contributed by atoms with Crippen LogP contribution >= 0.6 is 0 Å². The van der Waals surface area contributed by atoms with Crippen LogP contribution in [0.3, 0.4) is 0 Å². The van der Waals surface area contributed by atoms with E-state index in [2.05, 4.69) is 6.58 Å². The van der Waals surface area contributed by atoms with Crippen molar-refractivity contribution < 1.29 is 4.79 Å². The van der Waals surface area contributed by atoms with E-state index in [0.29, 0.717) is 5.82 Å². The first-order valence-corrected chi connectivity index (χ1v) is 3.72. The van der Waals surface area contributed by atoms with Crippen molar-refractivity contribution in [3.05, 3.63) is 37.0 Å². The maximum Gasteiger partial charge on any atom is 0.257 e. The fraction of sp³-hybridized carbons (Fsp3) is 0.222. The normalized spacial score (nSPS) is 18.2. The molecule has 0 aromatic carbocycles. The Bertz CT molecular complexity index is 266. The predicted octanol–water partition coefficient (Wildman–Crippen LogP) is 1.28. The summed E-state index contributed by atoms with van der Waals surface area (Å²) >= 11 is 0. The number of carbonyl (C=O) groups is 1. The number of rotatable bonds is 1. The van der Waals surface area contributed by atoms with E-state index in [0.717, 1.165) is 0 Å². The molecule has 0 bridgehead atoms. The molecule has 0 aliphatic carbocycles. The summed E-state index contributed by atoms with van der Waals surface area (Å²) in [7, 11) is 1.85. The maximum atomic E-state index is 11.2. The van der Waals surface area contributed by atoms with Crippen molar-refractivity contribution in [3.8, 4) is 0 Å². The molecule has 0 saturated heterocycles. The van der Waals surface area contributed by atoms with Gasteiger partial charge in [0.2, 0.25) is 0 Å². The van der Waals surface area contributed by atoms with E-state index in [4.69, 9.17) is 0 Å². The third kappa shape index (κ3) is 1.39. The molecule has 0 aromatic heterocycles. The molecule has 3 nitrogen and oxygen atoms in total. The molecule has 64 valence electrons. The molecule has 0 saturated carbocycles. The first-order chi connectivity index (χ1) is 5.66. The van der Waals surface area contributed by atoms with Gasteiger partial charge in [-0.1, -0.05) is 12.7 Å². The molecule has 0 N–H and O–H groups in total. The molecule has 0 unspecified atom stereocenters. The second kappa shape index (κ2) is 3.26. The zero-order chi connectivity index (χ0) is 9.14. The van der Waals surface area contributed by atoms with Gasteiger partial charge in [-0.2, -0.15) is 0 Å². The van der Waals surface area contributed by atoms with Crippen LogP contribution in [0.2, 0.25) is 0 Å². The van der Waals surface area contributed by atoms with Gasteiger partial charge in [0, 0.05) is 25.5 Å². The van der Waals surface area contributed by atoms with E-state index >= 15 is 0 Å². The largest absolute Gasteiger partial charge is 0.337 e. The second-order valence-electron chi connectivity index (χ2n) is 2.53. The van der Waals surface area contributed by atoms with Gasteiger partial charge in [0.25, 0.3) is 5.91 Å². The molecule has 3 heteroatoms. The fourth-order valence-corrected chi connectivity index (χ4v) is 0.948. The number of nitrogens with zero attached hydrogens (tertiary/aromatic N) is 2. The summed E-state index contributed by atoms with van der Waals surface area (Å²) in [5.74, 6) is 0.608. The Balaban J connectivity index is 2.92. The lowest BCUT2D eigenvalue weighted by Gasteiger charge is -2.29. The quantitative estimate of drug-likeness (QED) is 0.582. The van der Waals surface area contributed by atoms with Gasteiger partial charge < -0.3 is 4.90 Å². The predicted molar refractivity (Wildman–Crippen MR) is 47.7 cm³/mol. The maximum absolute atomic E-state index is 11.2. The molecule has 0 spiro atoms. The summed E-state index contributed by atoms with van der Waals surface area (Å²) in [5.41, 5.74) is 0. The lowest BCUT2D eigenvalue weighted by molar-refractivity contribution is -0.123. The second-order valence-corrected chi connectivity index (χ2v) is 2.53. The van der Waals surface area contributed by atoms with Crippen LogP contribution in [-0.2, 0) is 4.79 Å². The summed E-state index contributed by atoms with van der Waals surface area (Å²) in [5, 5.41) is 0. The molecule has 0 fully saturated rings. The van der Waals surface area contributed by atoms with Crippen LogP contribution in [0.15, 0.2) is 37.0 Å². The number of amides is 1. The van der Waals surface area contributed by atoms with Crippen molar-refractivity contribution in [1.29, 1.82) is 0 Å². The molecule has 1 heterocycles. The van der Waals surface area contributed by atoms with Crippen molar-refractivity contribution in [3.63, 3.8) is 0 Å². The average molecular weight is 164 g/mol. The van der Waals surface area contributed by atoms with Crippen LogP contribution < -0.4 is 0 Å². The summed E-state index contributed by atoms with van der Waals surface area (Å²) < 4.78 is 0. The molecule has 0 aromatic rings. The monoisotopic (exact) mass is 164 g/mol. The number of hydrogen-bond acceptors (Lipinski definition) is 2. The van der Waals surface area contributed by atoms with Crippen LogP contribution in [0.25, 0.3) is 0 Å². The molecule has 0 atom stereocenters. The highest BCUT2D eigenvalue weighted by Crippen LogP contribution is 2.13. The van der Waals surface area contributed by atoms with E-state index < -0.39 is 0 Å². The van der Waals surface area contributed by atoms with E-state index in [9.17, 15) is 4.79 Å². The summed E-state index contributed by atoms with van der Waals surface area (Å²) in [4.78, 5) is 14.5. The molecule has 1 aliphatic rings. The molecule has 1 amide bonds. The van der Waals surface area contributed by atoms with Crippen molar-refractivity contribution in [2.24, 2.45) is 0 Å². The Kier molecular flexibility index (Phi) is 2.33. The molecular weight excluding hydrogens is 152 g/mol. The van der Waals surface area contributed by atoms with Crippen LogP contribution in [0.1, 0.15) is 6.92 Å². The zero-order valence-corrected chi connectivity index (χ0v) is 7.32. The van der Waals surface area contributed by atoms with Crippen molar-refractivity contribution in [1.82, 2.24) is 9.80 Å². The Morgan fingerprint density at radius 1 is 1.58 bits per heavy atom. The SMILES string of the molecule is C=C1N(C)C=CC(=O)N1/C=C\C. The molecule has 1 rings (SSSR count). The van der Waals surface area contributed by atoms with Crippen molar-refractivity contribution >= 4 is 5.91 Å². The summed E-state index contributed by atoms with van der Waals surface area (Å²) in [6.07, 6.45) is 6.71. The Labute approximate surface area is 72.3 Å². The van der Waals surface area contributed by atoms with Crippen molar-refractivity contribution in [2.75, 3.05) is 7.05 Å². The van der Waals surface area contributed by atoms with E-state index in [1.807, 2.05) is 14.0 Å². The van der Waals surface area contributed by atoms with E-state index in [1.54, 1.807) is 23.4 Å². The van der Waals surface area contributed by atoms with Crippen LogP contribution in [0, 0.1) is 0 Å². The lowest BCUT2D eigenvalue weighted by Crippen LogP contribution is -2.33. The van der Waals surface area contributed by atoms with Gasteiger partial charge >= 0.3 is 0 Å². The Morgan fingerprint density at radius 2 is 2.25 bits per heavy atom. The minimum atomic E-state index is -0.0591. The van der Waals surface area contributed by atoms with Crippen LogP contribution in [0.4, 0.5) is 0 Å². The van der Waals surface area contributed by atoms with Gasteiger partial charge in [0.15, 0.2) is 0 Å². The smallest absolute Gasteiger partial charge is 0.257 e. The first kappa shape index (κ1) is 8.59. The average Bonchev–Trinajstić information content (AvgIpc) is 2.06. The lowest BCUT2D eigenvalue weighted by atomic mass is 10.4. The van der Waals surface area contributed by atoms with Crippen LogP contribution in [0.5, 0.6) is 0 Å². The molecule has 0 radical (unpaired) electrons. The highest BCUT2D eigenvalue weighted by Gasteiger charge is 2.17. The third-order valence-electron chi connectivity index (χ3n) is 1.66. The molecule has 1 aliphatic heterocycles. The minimum Gasteiger partial charge on any atom is -0.337 e. The minimum absolute atomic E-state index is 0.0591.